The summed E-state index contributed by atoms with van der Waals surface area (Å²) in [5.74, 6) is 11.6. The van der Waals surface area contributed by atoms with Gasteiger partial charge in [-0.2, -0.15) is 0 Å². The molecule has 0 aliphatic rings. The average Bonchev–Trinajstić information content (AvgIpc) is 2.43. The van der Waals surface area contributed by atoms with E-state index in [1.54, 1.807) is 0 Å². The maximum atomic E-state index is 9.88. The lowest BCUT2D eigenvalue weighted by atomic mass is 10.6. The zero-order chi connectivity index (χ0) is 17.5. The quantitative estimate of drug-likeness (QED) is 0.547. The summed E-state index contributed by atoms with van der Waals surface area (Å²) in [7, 11) is 0. The number of aliphatic hydroxyl groups excluding tert-OH is 1. The van der Waals surface area contributed by atoms with Crippen molar-refractivity contribution in [1.29, 1.82) is 0 Å². The maximum Gasteiger partial charge on any atom is 0.303 e. The summed E-state index contributed by atoms with van der Waals surface area (Å²) in [5, 5.41) is 15.1. The number of terminal acetylenes is 4. The minimum Gasteiger partial charge on any atom is -0.481 e. The molecule has 5 heteroatoms. The Labute approximate surface area is 128 Å². The van der Waals surface area contributed by atoms with Crippen molar-refractivity contribution in [3.05, 3.63) is 0 Å². The summed E-state index contributed by atoms with van der Waals surface area (Å²) >= 11 is 0. The first-order valence-corrected chi connectivity index (χ1v) is 5.05. The molecule has 0 amide bonds. The van der Waals surface area contributed by atoms with Gasteiger partial charge in [0.05, 0.1) is 0 Å². The van der Waals surface area contributed by atoms with Crippen LogP contribution in [0.1, 0.15) is 16.7 Å². The zero-order valence-electron chi connectivity index (χ0n) is 11.8. The lowest BCUT2D eigenvalue weighted by Crippen LogP contribution is -1.96. The number of carboxylic acids is 1. The predicted molar refractivity (Wildman–Crippen MR) is 84.4 cm³/mol. The van der Waals surface area contributed by atoms with Crippen molar-refractivity contribution < 1.29 is 27.4 Å². The molecule has 0 aliphatic heterocycles. The van der Waals surface area contributed by atoms with E-state index < -0.39 is 5.97 Å². The van der Waals surface area contributed by atoms with Gasteiger partial charge in [-0.1, -0.05) is 11.8 Å². The van der Waals surface area contributed by atoms with Gasteiger partial charge in [0, 0.05) is 16.7 Å². The molecule has 5 nitrogen and oxygen atoms in total. The van der Waals surface area contributed by atoms with Crippen molar-refractivity contribution in [3.8, 4) is 61.2 Å². The van der Waals surface area contributed by atoms with Crippen LogP contribution in [0, 0.1) is 61.2 Å². The summed E-state index contributed by atoms with van der Waals surface area (Å²) in [5.41, 5.74) is 0. The van der Waals surface area contributed by atoms with Crippen LogP contribution in [0.15, 0.2) is 0 Å². The highest BCUT2D eigenvalue weighted by atomic mass is 16.5. The molecule has 0 aromatic rings. The Balaban J connectivity index is -0.0000000419. The van der Waals surface area contributed by atoms with Crippen molar-refractivity contribution in [2.45, 2.75) is 13.8 Å². The van der Waals surface area contributed by atoms with Crippen molar-refractivity contribution in [2.24, 2.45) is 0 Å². The summed E-state index contributed by atoms with van der Waals surface area (Å²) in [6.45, 7) is 2.33. The van der Waals surface area contributed by atoms with E-state index in [2.05, 4.69) is 40.8 Å². The summed E-state index contributed by atoms with van der Waals surface area (Å²) in [4.78, 5) is 18.9. The highest BCUT2D eigenvalue weighted by Gasteiger charge is 1.83. The molecule has 0 bridgehead atoms. The molecule has 0 aliphatic carbocycles. The molecule has 0 rings (SSSR count). The summed E-state index contributed by atoms with van der Waals surface area (Å²) < 4.78 is 4.32. The predicted octanol–water partition coefficient (Wildman–Crippen LogP) is 0.634. The monoisotopic (exact) mass is 292 g/mol. The molecule has 0 aromatic carbocycles. The zero-order valence-corrected chi connectivity index (χ0v) is 11.8. The van der Waals surface area contributed by atoms with Crippen molar-refractivity contribution in [1.82, 2.24) is 0 Å². The van der Waals surface area contributed by atoms with Gasteiger partial charge in [0.25, 0.3) is 5.97 Å². The fourth-order valence-electron chi connectivity index (χ4n) is 0.215. The van der Waals surface area contributed by atoms with E-state index in [9.17, 15) is 4.79 Å². The molecule has 0 unspecified atom stereocenters. The number of ether oxygens (including phenoxy) is 1. The molecule has 0 heterocycles. The van der Waals surface area contributed by atoms with E-state index >= 15 is 0 Å². The summed E-state index contributed by atoms with van der Waals surface area (Å²) in [6.07, 6.45) is 18.7. The van der Waals surface area contributed by atoms with Crippen molar-refractivity contribution in [2.75, 3.05) is 13.2 Å². The minimum atomic E-state index is -0.833. The second kappa shape index (κ2) is 30.1. The lowest BCUT2D eigenvalue weighted by Gasteiger charge is -1.89. The highest BCUT2D eigenvalue weighted by molar-refractivity contribution is 5.66. The standard InChI is InChI=1S/C6H2.C5H6O2.C3H4O.C2H4O2.2H2/c1-3-5-6-4-2;1-3-4-7-5(2)6;1-2-3-4;1-2(3)4;;/h1-2H;1H,4H2,2H3;1,4H,3H2;1H3,(H,3,4);2*1H. The molecule has 0 saturated carbocycles. The molecule has 0 spiro atoms. The summed E-state index contributed by atoms with van der Waals surface area (Å²) in [6, 6.07) is 0. The van der Waals surface area contributed by atoms with Crippen LogP contribution in [0.4, 0.5) is 0 Å². The normalized spacial score (nSPS) is 5.29. The molecule has 0 radical (unpaired) electrons. The van der Waals surface area contributed by atoms with Crippen molar-refractivity contribution >= 4 is 11.9 Å². The molecule has 2 N–H and O–H groups in total. The Morgan fingerprint density at radius 1 is 1.05 bits per heavy atom. The molecule has 114 valence electrons. The van der Waals surface area contributed by atoms with E-state index in [1.807, 2.05) is 5.92 Å². The number of aliphatic carboxylic acids is 1. The third kappa shape index (κ3) is 163. The fraction of sp³-hybridized carbons (Fsp3) is 0.250. The fourth-order valence-corrected chi connectivity index (χ4v) is 0.215. The number of hydrogen-bond donors (Lipinski definition) is 2. The first kappa shape index (κ1) is 26.3. The number of hydrogen-bond acceptors (Lipinski definition) is 4. The first-order chi connectivity index (χ1) is 9.83. The van der Waals surface area contributed by atoms with Gasteiger partial charge in [0.15, 0.2) is 6.61 Å². The van der Waals surface area contributed by atoms with Crippen molar-refractivity contribution in [3.63, 3.8) is 0 Å². The number of carbonyl (C=O) groups excluding carboxylic acids is 1. The van der Waals surface area contributed by atoms with E-state index in [4.69, 9.17) is 34.3 Å². The molecule has 0 fully saturated rings. The Morgan fingerprint density at radius 3 is 1.48 bits per heavy atom. The van der Waals surface area contributed by atoms with Crippen LogP contribution in [-0.4, -0.2) is 35.4 Å². The van der Waals surface area contributed by atoms with Gasteiger partial charge in [-0.15, -0.1) is 25.7 Å². The average molecular weight is 292 g/mol. The molecule has 0 saturated heterocycles. The number of rotatable bonds is 1. The van der Waals surface area contributed by atoms with Crippen LogP contribution in [0.2, 0.25) is 0 Å². The molecular formula is C16H20O5. The highest BCUT2D eigenvalue weighted by Crippen LogP contribution is 1.70. The molecule has 21 heavy (non-hydrogen) atoms. The van der Waals surface area contributed by atoms with Gasteiger partial charge in [-0.3, -0.25) is 9.59 Å². The Hall–Kier alpha value is -3.30. The topological polar surface area (TPSA) is 83.8 Å². The van der Waals surface area contributed by atoms with Crippen LogP contribution in [0.3, 0.4) is 0 Å². The Morgan fingerprint density at radius 2 is 1.38 bits per heavy atom. The van der Waals surface area contributed by atoms with Gasteiger partial charge in [-0.05, 0) is 23.7 Å². The van der Waals surface area contributed by atoms with Crippen LogP contribution >= 0.6 is 0 Å². The van der Waals surface area contributed by atoms with E-state index in [0.717, 1.165) is 6.92 Å². The SMILES string of the molecule is C#CC#CC#C.C#CCO.C#CCOC(C)=O.CC(=O)O.[HH].[HH]. The van der Waals surface area contributed by atoms with Crippen LogP contribution in [0.25, 0.3) is 0 Å². The second-order valence-corrected chi connectivity index (χ2v) is 2.40. The molecular weight excluding hydrogens is 272 g/mol. The first-order valence-electron chi connectivity index (χ1n) is 5.05. The number of carbonyl (C=O) groups is 2. The minimum absolute atomic E-state index is 0. The third-order valence-electron chi connectivity index (χ3n) is 0.657. The van der Waals surface area contributed by atoms with E-state index in [0.29, 0.717) is 0 Å². The lowest BCUT2D eigenvalue weighted by molar-refractivity contribution is -0.139. The van der Waals surface area contributed by atoms with Crippen LogP contribution in [-0.2, 0) is 14.3 Å². The number of carboxylic acid groups (broad SMARTS) is 1. The van der Waals surface area contributed by atoms with Gasteiger partial charge in [0.1, 0.15) is 6.61 Å². The third-order valence-corrected chi connectivity index (χ3v) is 0.657. The van der Waals surface area contributed by atoms with Gasteiger partial charge in [0.2, 0.25) is 0 Å². The Bertz CT molecular complexity index is 480. The molecule has 0 aromatic heterocycles. The van der Waals surface area contributed by atoms with Crippen LogP contribution < -0.4 is 0 Å². The number of aliphatic hydroxyl groups is 1. The largest absolute Gasteiger partial charge is 0.481 e. The Kier molecular flexibility index (Phi) is 37.7. The number of esters is 1. The molecule has 0 atom stereocenters. The van der Waals surface area contributed by atoms with Gasteiger partial charge >= 0.3 is 5.97 Å². The maximum absolute atomic E-state index is 9.88. The van der Waals surface area contributed by atoms with Gasteiger partial charge < -0.3 is 14.9 Å². The van der Waals surface area contributed by atoms with Crippen LogP contribution in [0.5, 0.6) is 0 Å². The van der Waals surface area contributed by atoms with E-state index in [1.165, 1.54) is 6.92 Å². The van der Waals surface area contributed by atoms with E-state index in [-0.39, 0.29) is 22.0 Å². The second-order valence-electron chi connectivity index (χ2n) is 2.40. The van der Waals surface area contributed by atoms with Gasteiger partial charge in [-0.25, -0.2) is 0 Å². The smallest absolute Gasteiger partial charge is 0.303 e.